The van der Waals surface area contributed by atoms with Crippen LogP contribution in [0.5, 0.6) is 0 Å². The highest BCUT2D eigenvalue weighted by molar-refractivity contribution is 5.69. The maximum Gasteiger partial charge on any atom is 0.306 e. The smallest absolute Gasteiger partial charge is 0.306 e. The summed E-state index contributed by atoms with van der Waals surface area (Å²) in [5, 5.41) is 22.8. The fraction of sp³-hybridized carbons (Fsp3) is 0.955. The van der Waals surface area contributed by atoms with Gasteiger partial charge in [-0.2, -0.15) is 0 Å². The van der Waals surface area contributed by atoms with E-state index in [1.807, 2.05) is 0 Å². The van der Waals surface area contributed by atoms with Crippen LogP contribution < -0.4 is 0 Å². The third-order valence-corrected chi connectivity index (χ3v) is 10.5. The Labute approximate surface area is 316 Å². The number of esters is 2. The second-order valence-electron chi connectivity index (χ2n) is 15.6. The van der Waals surface area contributed by atoms with Crippen LogP contribution in [0.3, 0.4) is 0 Å². The first kappa shape index (κ1) is 49.8. The van der Waals surface area contributed by atoms with Crippen LogP contribution in [-0.4, -0.2) is 60.6 Å². The second-order valence-corrected chi connectivity index (χ2v) is 15.6. The van der Waals surface area contributed by atoms with E-state index in [-0.39, 0.29) is 35.8 Å². The maximum absolute atomic E-state index is 13.3. The molecule has 1 unspecified atom stereocenters. The number of rotatable bonds is 41. The molecule has 0 aromatic carbocycles. The summed E-state index contributed by atoms with van der Waals surface area (Å²) in [5.74, 6) is -0.163. The highest BCUT2D eigenvalue weighted by Gasteiger charge is 2.17. The van der Waals surface area contributed by atoms with Crippen LogP contribution in [-0.2, 0) is 19.1 Å². The number of quaternary nitrogens is 1. The zero-order valence-corrected chi connectivity index (χ0v) is 34.4. The molecule has 0 saturated heterocycles. The van der Waals surface area contributed by atoms with Crippen molar-refractivity contribution in [1.82, 2.24) is 0 Å². The van der Waals surface area contributed by atoms with Gasteiger partial charge in [-0.3, -0.25) is 9.59 Å². The van der Waals surface area contributed by atoms with Gasteiger partial charge in [0, 0.05) is 12.8 Å². The minimum atomic E-state index is -0.357. The monoisotopic (exact) mass is 726 g/mol. The first-order valence-electron chi connectivity index (χ1n) is 22.4. The number of hydroxylamine groups is 3. The van der Waals surface area contributed by atoms with Gasteiger partial charge >= 0.3 is 11.9 Å². The minimum Gasteiger partial charge on any atom is -0.633 e. The van der Waals surface area contributed by atoms with Gasteiger partial charge in [0.05, 0.1) is 26.3 Å². The van der Waals surface area contributed by atoms with Crippen LogP contribution in [0.2, 0.25) is 0 Å². The Morgan fingerprint density at radius 1 is 0.490 bits per heavy atom. The van der Waals surface area contributed by atoms with E-state index < -0.39 is 0 Å². The number of unbranched alkanes of at least 4 members (excludes halogenated alkanes) is 24. The predicted molar refractivity (Wildman–Crippen MR) is 216 cm³/mol. The lowest BCUT2D eigenvalue weighted by atomic mass is 10.0. The third-order valence-electron chi connectivity index (χ3n) is 10.5. The summed E-state index contributed by atoms with van der Waals surface area (Å²) in [6, 6.07) is 0. The lowest BCUT2D eigenvalue weighted by Crippen LogP contribution is -2.45. The molecule has 7 heteroatoms. The van der Waals surface area contributed by atoms with Crippen molar-refractivity contribution < 1.29 is 28.8 Å². The largest absolute Gasteiger partial charge is 0.633 e. The van der Waals surface area contributed by atoms with Gasteiger partial charge < -0.3 is 24.4 Å². The molecule has 1 atom stereocenters. The van der Waals surface area contributed by atoms with Gasteiger partial charge in [0.1, 0.15) is 12.6 Å². The summed E-state index contributed by atoms with van der Waals surface area (Å²) in [7, 11) is 0. The zero-order chi connectivity index (χ0) is 37.5. The summed E-state index contributed by atoms with van der Waals surface area (Å²) < 4.78 is 11.0. The molecule has 0 spiro atoms. The van der Waals surface area contributed by atoms with Crippen LogP contribution in [0.15, 0.2) is 0 Å². The number of nitrogens with zero attached hydrogens (tertiary/aromatic N) is 1. The van der Waals surface area contributed by atoms with Crippen molar-refractivity contribution in [3.63, 3.8) is 0 Å². The Kier molecular flexibility index (Phi) is 37.6. The SMILES string of the molecule is CCCCCCCCCCCOC(=O)CCCCC[N+]([O-])(CCO)CCCCCCCC(=O)OC(CCCCCCCC)CCCCCCCC. The van der Waals surface area contributed by atoms with Gasteiger partial charge in [-0.05, 0) is 70.6 Å². The van der Waals surface area contributed by atoms with Gasteiger partial charge in [0.2, 0.25) is 0 Å². The molecule has 51 heavy (non-hydrogen) atoms. The molecule has 0 radical (unpaired) electrons. The molecule has 0 aliphatic rings. The van der Waals surface area contributed by atoms with Crippen LogP contribution >= 0.6 is 0 Å². The highest BCUT2D eigenvalue weighted by atomic mass is 16.5. The number of ether oxygens (including phenoxy) is 2. The molecule has 304 valence electrons. The number of hydrogen-bond acceptors (Lipinski definition) is 6. The summed E-state index contributed by atoms with van der Waals surface area (Å²) in [4.78, 5) is 24.8. The Balaban J connectivity index is 4.08. The molecule has 0 aromatic rings. The fourth-order valence-electron chi connectivity index (χ4n) is 7.05. The predicted octanol–water partition coefficient (Wildman–Crippen LogP) is 12.7. The maximum atomic E-state index is 13.3. The normalized spacial score (nSPS) is 12.7. The van der Waals surface area contributed by atoms with Crippen molar-refractivity contribution >= 4 is 11.9 Å². The summed E-state index contributed by atoms with van der Waals surface area (Å²) in [6.45, 7) is 8.39. The van der Waals surface area contributed by atoms with Gasteiger partial charge in [-0.1, -0.05) is 149 Å². The molecule has 7 nitrogen and oxygen atoms in total. The first-order chi connectivity index (χ1) is 24.9. The molecule has 0 aromatic heterocycles. The Bertz CT molecular complexity index is 733. The van der Waals surface area contributed by atoms with E-state index in [9.17, 15) is 19.9 Å². The average Bonchev–Trinajstić information content (AvgIpc) is 3.11. The number of aliphatic hydroxyl groups excluding tert-OH is 1. The topological polar surface area (TPSA) is 95.9 Å². The van der Waals surface area contributed by atoms with E-state index in [0.29, 0.717) is 32.5 Å². The van der Waals surface area contributed by atoms with Gasteiger partial charge in [0.25, 0.3) is 0 Å². The average molecular weight is 726 g/mol. The quantitative estimate of drug-likeness (QED) is 0.0292. The summed E-state index contributed by atoms with van der Waals surface area (Å²) >= 11 is 0. The fourth-order valence-corrected chi connectivity index (χ4v) is 7.05. The second kappa shape index (κ2) is 38.5. The lowest BCUT2D eigenvalue weighted by molar-refractivity contribution is -0.881. The first-order valence-corrected chi connectivity index (χ1v) is 22.4. The summed E-state index contributed by atoms with van der Waals surface area (Å²) in [5.41, 5.74) is 0. The van der Waals surface area contributed by atoms with Gasteiger partial charge in [-0.15, -0.1) is 0 Å². The molecule has 0 saturated carbocycles. The van der Waals surface area contributed by atoms with Crippen LogP contribution in [0.1, 0.15) is 233 Å². The van der Waals surface area contributed by atoms with Crippen molar-refractivity contribution in [3.05, 3.63) is 5.21 Å². The van der Waals surface area contributed by atoms with Crippen molar-refractivity contribution in [2.75, 3.05) is 32.8 Å². The van der Waals surface area contributed by atoms with E-state index in [4.69, 9.17) is 9.47 Å². The number of hydrogen-bond donors (Lipinski definition) is 1. The van der Waals surface area contributed by atoms with Gasteiger partial charge in [-0.25, -0.2) is 0 Å². The molecule has 0 aliphatic carbocycles. The van der Waals surface area contributed by atoms with E-state index in [1.165, 1.54) is 109 Å². The molecule has 1 N–H and O–H groups in total. The number of aliphatic hydroxyl groups is 1. The molecular formula is C44H87NO6. The Morgan fingerprint density at radius 2 is 0.863 bits per heavy atom. The minimum absolute atomic E-state index is 0.0396. The molecule has 0 fully saturated rings. The third kappa shape index (κ3) is 35.6. The highest BCUT2D eigenvalue weighted by Crippen LogP contribution is 2.19. The standard InChI is InChI=1S/C44H87NO6/c1-4-7-10-13-16-17-18-24-32-41-50-43(47)35-29-25-31-38-45(49,39-40-46)37-30-23-19-22-28-36-44(48)51-42(33-26-20-14-11-8-5-2)34-27-21-15-12-9-6-3/h42,46H,4-41H2,1-3H3. The molecule has 0 heterocycles. The molecule has 0 rings (SSSR count). The molecule has 0 bridgehead atoms. The zero-order valence-electron chi connectivity index (χ0n) is 34.4. The Hall–Kier alpha value is -1.18. The summed E-state index contributed by atoms with van der Waals surface area (Å²) in [6.07, 6.45) is 36.3. The molecule has 0 amide bonds. The van der Waals surface area contributed by atoms with E-state index in [2.05, 4.69) is 20.8 Å². The van der Waals surface area contributed by atoms with Crippen LogP contribution in [0.4, 0.5) is 0 Å². The van der Waals surface area contributed by atoms with Gasteiger partial charge in [0.15, 0.2) is 0 Å². The molecular weight excluding hydrogens is 638 g/mol. The van der Waals surface area contributed by atoms with E-state index in [1.54, 1.807) is 0 Å². The van der Waals surface area contributed by atoms with Crippen molar-refractivity contribution in [3.8, 4) is 0 Å². The number of carbonyl (C=O) groups excluding carboxylic acids is 2. The van der Waals surface area contributed by atoms with Crippen LogP contribution in [0.25, 0.3) is 0 Å². The van der Waals surface area contributed by atoms with Crippen molar-refractivity contribution in [2.24, 2.45) is 0 Å². The lowest BCUT2D eigenvalue weighted by Gasteiger charge is -2.42. The van der Waals surface area contributed by atoms with Crippen molar-refractivity contribution in [1.29, 1.82) is 0 Å². The van der Waals surface area contributed by atoms with Crippen molar-refractivity contribution in [2.45, 2.75) is 239 Å². The number of carbonyl (C=O) groups is 2. The van der Waals surface area contributed by atoms with Crippen LogP contribution in [0, 0.1) is 5.21 Å². The van der Waals surface area contributed by atoms with E-state index in [0.717, 1.165) is 89.9 Å². The molecule has 0 aliphatic heterocycles. The Morgan fingerprint density at radius 3 is 1.33 bits per heavy atom. The van der Waals surface area contributed by atoms with E-state index >= 15 is 0 Å².